The van der Waals surface area contributed by atoms with Gasteiger partial charge in [-0.3, -0.25) is 19.4 Å². The third kappa shape index (κ3) is 10.7. The number of aromatic amines is 1. The van der Waals surface area contributed by atoms with Crippen LogP contribution in [-0.2, 0) is 23.8 Å². The Labute approximate surface area is 279 Å². The number of rotatable bonds is 17. The molecule has 0 bridgehead atoms. The van der Waals surface area contributed by atoms with Crippen LogP contribution in [0.3, 0.4) is 0 Å². The fraction of sp³-hybridized carbons (Fsp3) is 0.688. The highest BCUT2D eigenvalue weighted by Crippen LogP contribution is 2.32. The van der Waals surface area contributed by atoms with Gasteiger partial charge in [0.25, 0.3) is 5.56 Å². The number of unbranched alkanes of at least 4 members (excludes halogenated alkanes) is 3. The molecule has 1 aliphatic carbocycles. The quantitative estimate of drug-likeness (QED) is 0.0801. The normalized spacial score (nSPS) is 22.6. The number of ether oxygens (including phenoxy) is 3. The number of hydrogen-bond donors (Lipinski definition) is 6. The second kappa shape index (κ2) is 19.0. The van der Waals surface area contributed by atoms with Gasteiger partial charge in [0.05, 0.1) is 50.0 Å². The molecule has 2 amide bonds. The van der Waals surface area contributed by atoms with Crippen LogP contribution < -0.4 is 21.9 Å². The maximum atomic E-state index is 12.8. The summed E-state index contributed by atoms with van der Waals surface area (Å²) in [5, 5.41) is 25.6. The average molecular weight is 679 g/mol. The minimum absolute atomic E-state index is 0.0127. The molecule has 4 rings (SSSR count). The van der Waals surface area contributed by atoms with Crippen molar-refractivity contribution >= 4 is 40.4 Å². The molecule has 1 unspecified atom stereocenters. The van der Waals surface area contributed by atoms with Crippen molar-refractivity contribution in [3.05, 3.63) is 22.1 Å². The molecule has 3 heterocycles. The molecule has 260 valence electrons. The number of nitrogens with zero attached hydrogens (tertiary/aromatic N) is 2. The van der Waals surface area contributed by atoms with Crippen LogP contribution >= 0.6 is 11.6 Å². The van der Waals surface area contributed by atoms with Crippen LogP contribution in [0.1, 0.15) is 69.6 Å². The van der Waals surface area contributed by atoms with Crippen molar-refractivity contribution in [2.45, 2.75) is 76.2 Å². The Balaban J connectivity index is 1.15. The van der Waals surface area contributed by atoms with Gasteiger partial charge in [-0.15, -0.1) is 11.6 Å². The molecule has 2 aromatic heterocycles. The van der Waals surface area contributed by atoms with E-state index in [1.807, 2.05) is 0 Å². The van der Waals surface area contributed by atoms with Gasteiger partial charge in [-0.05, 0) is 38.5 Å². The number of nitrogens with two attached hydrogens (primary N) is 1. The number of aliphatic hydroxyl groups is 2. The number of anilines is 1. The Morgan fingerprint density at radius 1 is 1.06 bits per heavy atom. The van der Waals surface area contributed by atoms with E-state index >= 15 is 0 Å². The highest BCUT2D eigenvalue weighted by atomic mass is 35.5. The zero-order valence-corrected chi connectivity index (χ0v) is 27.4. The van der Waals surface area contributed by atoms with Gasteiger partial charge in [0, 0.05) is 43.5 Å². The number of aliphatic hydroxyl groups excluding tert-OH is 2. The number of aromatic nitrogens is 3. The van der Waals surface area contributed by atoms with Crippen molar-refractivity contribution < 1.29 is 34.0 Å². The van der Waals surface area contributed by atoms with E-state index in [1.165, 1.54) is 0 Å². The van der Waals surface area contributed by atoms with Gasteiger partial charge in [-0.2, -0.15) is 4.98 Å². The zero-order valence-electron chi connectivity index (χ0n) is 26.7. The van der Waals surface area contributed by atoms with Crippen LogP contribution in [0.2, 0.25) is 0 Å². The van der Waals surface area contributed by atoms with E-state index in [0.29, 0.717) is 63.5 Å². The summed E-state index contributed by atoms with van der Waals surface area (Å²) in [5.41, 5.74) is 5.90. The van der Waals surface area contributed by atoms with E-state index in [-0.39, 0.29) is 60.2 Å². The third-order valence-electron chi connectivity index (χ3n) is 8.53. The minimum atomic E-state index is -0.877. The van der Waals surface area contributed by atoms with Crippen molar-refractivity contribution in [3.63, 3.8) is 0 Å². The van der Waals surface area contributed by atoms with Gasteiger partial charge in [0.1, 0.15) is 12.3 Å². The first-order chi connectivity index (χ1) is 22.8. The van der Waals surface area contributed by atoms with Crippen molar-refractivity contribution in [2.75, 3.05) is 57.7 Å². The van der Waals surface area contributed by atoms with E-state index in [4.69, 9.17) is 31.5 Å². The molecule has 1 saturated carbocycles. The molecular formula is C32H47ClN6O8. The lowest BCUT2D eigenvalue weighted by atomic mass is 9.81. The molecule has 3 atom stereocenters. The predicted octanol–water partition coefficient (Wildman–Crippen LogP) is 1.17. The number of H-pyrrole nitrogens is 1. The maximum Gasteiger partial charge on any atom is 0.263 e. The number of carbonyl (C=O) groups is 2. The second-order valence-corrected chi connectivity index (χ2v) is 12.3. The van der Waals surface area contributed by atoms with Crippen LogP contribution in [0, 0.1) is 23.7 Å². The third-order valence-corrected chi connectivity index (χ3v) is 8.80. The first-order valence-electron chi connectivity index (χ1n) is 16.4. The first-order valence-corrected chi connectivity index (χ1v) is 17.0. The standard InChI is InChI=1S/C32H47ClN6O8/c33-11-3-1-2-4-14-45-16-17-46-15-13-36-30(43)22-9-7-21(8-10-22)29(42)35-12-5-6-23-19-39(26-18-24(41)25(20-40)47-26)28-27(23)31(44)38-32(34)37-28/h19,21-22,24-26,40-41H,1-4,7-18,20H2,(H,35,42)(H,36,43)(H3,34,37,38,44)/t21?,22?,24?,25-,26-/m1/s1. The Bertz CT molecular complexity index is 1430. The summed E-state index contributed by atoms with van der Waals surface area (Å²) in [6.07, 6.45) is 6.26. The van der Waals surface area contributed by atoms with E-state index < -0.39 is 24.0 Å². The highest BCUT2D eigenvalue weighted by Gasteiger charge is 2.36. The van der Waals surface area contributed by atoms with Gasteiger partial charge < -0.3 is 45.4 Å². The van der Waals surface area contributed by atoms with Crippen LogP contribution in [0.25, 0.3) is 11.0 Å². The molecule has 0 aromatic carbocycles. The molecule has 47 heavy (non-hydrogen) atoms. The van der Waals surface area contributed by atoms with Crippen LogP contribution in [0.5, 0.6) is 0 Å². The lowest BCUT2D eigenvalue weighted by Gasteiger charge is -2.26. The second-order valence-electron chi connectivity index (χ2n) is 11.9. The summed E-state index contributed by atoms with van der Waals surface area (Å²) in [7, 11) is 0. The molecule has 2 aromatic rings. The molecule has 2 aliphatic rings. The number of nitrogens with one attached hydrogen (secondary N) is 3. The van der Waals surface area contributed by atoms with Gasteiger partial charge in [0.15, 0.2) is 5.65 Å². The molecule has 2 fully saturated rings. The van der Waals surface area contributed by atoms with Crippen LogP contribution in [-0.4, -0.2) is 101 Å². The number of carbonyl (C=O) groups excluding carboxylic acids is 2. The molecule has 7 N–H and O–H groups in total. The molecule has 0 spiro atoms. The minimum Gasteiger partial charge on any atom is -0.394 e. The molecule has 1 aliphatic heterocycles. The monoisotopic (exact) mass is 678 g/mol. The van der Waals surface area contributed by atoms with E-state index in [1.54, 1.807) is 10.8 Å². The molecular weight excluding hydrogens is 632 g/mol. The summed E-state index contributed by atoms with van der Waals surface area (Å²) < 4.78 is 18.4. The van der Waals surface area contributed by atoms with E-state index in [2.05, 4.69) is 32.4 Å². The molecule has 14 nitrogen and oxygen atoms in total. The number of halogens is 1. The lowest BCUT2D eigenvalue weighted by Crippen LogP contribution is -2.38. The largest absolute Gasteiger partial charge is 0.394 e. The van der Waals surface area contributed by atoms with Crippen molar-refractivity contribution in [1.29, 1.82) is 0 Å². The predicted molar refractivity (Wildman–Crippen MR) is 176 cm³/mol. The van der Waals surface area contributed by atoms with Crippen molar-refractivity contribution in [2.24, 2.45) is 11.8 Å². The van der Waals surface area contributed by atoms with E-state index in [0.717, 1.165) is 32.3 Å². The molecule has 15 heteroatoms. The van der Waals surface area contributed by atoms with Crippen LogP contribution in [0.15, 0.2) is 11.0 Å². The summed E-state index contributed by atoms with van der Waals surface area (Å²) in [6.45, 7) is 2.31. The summed E-state index contributed by atoms with van der Waals surface area (Å²) >= 11 is 5.66. The number of alkyl halides is 1. The summed E-state index contributed by atoms with van der Waals surface area (Å²) in [5.74, 6) is 5.99. The Morgan fingerprint density at radius 2 is 1.74 bits per heavy atom. The van der Waals surface area contributed by atoms with Crippen molar-refractivity contribution in [3.8, 4) is 11.8 Å². The van der Waals surface area contributed by atoms with Crippen molar-refractivity contribution in [1.82, 2.24) is 25.2 Å². The van der Waals surface area contributed by atoms with Gasteiger partial charge >= 0.3 is 0 Å². The van der Waals surface area contributed by atoms with Crippen LogP contribution in [0.4, 0.5) is 5.95 Å². The Hall–Kier alpha value is -3.19. The zero-order chi connectivity index (χ0) is 33.6. The maximum absolute atomic E-state index is 12.8. The summed E-state index contributed by atoms with van der Waals surface area (Å²) in [4.78, 5) is 44.8. The Kier molecular flexibility index (Phi) is 14.8. The average Bonchev–Trinajstić information content (AvgIpc) is 3.63. The summed E-state index contributed by atoms with van der Waals surface area (Å²) in [6, 6.07) is 0. The van der Waals surface area contributed by atoms with E-state index in [9.17, 15) is 24.6 Å². The highest BCUT2D eigenvalue weighted by molar-refractivity contribution is 6.17. The topological polar surface area (TPSA) is 203 Å². The molecule has 0 radical (unpaired) electrons. The fourth-order valence-electron chi connectivity index (χ4n) is 5.93. The van der Waals surface area contributed by atoms with Gasteiger partial charge in [-0.25, -0.2) is 0 Å². The molecule has 1 saturated heterocycles. The Morgan fingerprint density at radius 3 is 2.43 bits per heavy atom. The number of nitrogen functional groups attached to an aromatic ring is 1. The first kappa shape index (κ1) is 36.6. The number of hydrogen-bond acceptors (Lipinski definition) is 10. The number of fused-ring (bicyclic) bond motifs is 1. The fourth-order valence-corrected chi connectivity index (χ4v) is 6.12. The SMILES string of the molecule is Nc1nc2c(c(C#CCNC(=O)C3CCC(C(=O)NCCOCCOCCCCCCCl)CC3)cn2[C@H]2CC(O)[C@@H](CO)O2)c(=O)[nH]1. The lowest BCUT2D eigenvalue weighted by molar-refractivity contribution is -0.130. The van der Waals surface area contributed by atoms with Gasteiger partial charge in [0.2, 0.25) is 17.8 Å². The van der Waals surface area contributed by atoms with Gasteiger partial charge in [-0.1, -0.05) is 24.7 Å². The number of amides is 2. The smallest absolute Gasteiger partial charge is 0.263 e.